The molecule has 0 spiro atoms. The minimum absolute atomic E-state index is 0.140. The number of hydrogen-bond acceptors (Lipinski definition) is 9. The molecule has 2 amide bonds. The van der Waals surface area contributed by atoms with Crippen LogP contribution in [0.25, 0.3) is 0 Å². The highest BCUT2D eigenvalue weighted by Crippen LogP contribution is 2.20. The Morgan fingerprint density at radius 3 is 1.93 bits per heavy atom. The van der Waals surface area contributed by atoms with Crippen LogP contribution in [0.2, 0.25) is 0 Å². The van der Waals surface area contributed by atoms with Gasteiger partial charge in [-0.25, -0.2) is 0 Å². The van der Waals surface area contributed by atoms with Gasteiger partial charge in [-0.1, -0.05) is 47.8 Å². The summed E-state index contributed by atoms with van der Waals surface area (Å²) in [5.41, 5.74) is 2.60. The van der Waals surface area contributed by atoms with Crippen molar-refractivity contribution in [3.63, 3.8) is 0 Å². The van der Waals surface area contributed by atoms with Crippen LogP contribution in [0.3, 0.4) is 0 Å². The molecule has 8 bridgehead atoms. The molecule has 2 N–H and O–H groups in total. The van der Waals surface area contributed by atoms with Gasteiger partial charge in [0, 0.05) is 6.42 Å². The van der Waals surface area contributed by atoms with E-state index in [2.05, 4.69) is 43.2 Å². The lowest BCUT2D eigenvalue weighted by Gasteiger charge is -2.08. The highest BCUT2D eigenvalue weighted by molar-refractivity contribution is 7.15. The van der Waals surface area contributed by atoms with Crippen molar-refractivity contribution < 1.29 is 19.1 Å². The number of hydrogen-bond donors (Lipinski definition) is 2. The molecule has 0 saturated heterocycles. The number of carbonyl (C=O) groups is 2. The van der Waals surface area contributed by atoms with Crippen molar-refractivity contribution in [3.8, 4) is 11.5 Å². The number of carbonyl (C=O) groups excluding carboxylic acids is 2. The summed E-state index contributed by atoms with van der Waals surface area (Å²) in [5, 5.41) is 23.9. The van der Waals surface area contributed by atoms with Gasteiger partial charge in [0.1, 0.15) is 16.5 Å². The first-order chi connectivity index (χ1) is 22.1. The fraction of sp³-hybridized carbons (Fsp3) is 0.353. The van der Waals surface area contributed by atoms with Gasteiger partial charge in [0.15, 0.2) is 5.82 Å². The highest BCUT2D eigenvalue weighted by Gasteiger charge is 2.11. The topological polar surface area (TPSA) is 128 Å². The van der Waals surface area contributed by atoms with Crippen LogP contribution < -0.4 is 20.1 Å². The fourth-order valence-electron chi connectivity index (χ4n) is 4.78. The van der Waals surface area contributed by atoms with E-state index in [0.717, 1.165) is 84.7 Å². The Bertz CT molecular complexity index is 1570. The van der Waals surface area contributed by atoms with E-state index in [1.807, 2.05) is 54.6 Å². The molecule has 0 unspecified atom stereocenters. The number of aromatic nitrogens is 4. The van der Waals surface area contributed by atoms with Crippen molar-refractivity contribution in [2.24, 2.45) is 0 Å². The molecule has 2 aliphatic heterocycles. The van der Waals surface area contributed by atoms with Crippen molar-refractivity contribution in [1.29, 1.82) is 0 Å². The Labute approximate surface area is 267 Å². The van der Waals surface area contributed by atoms with Crippen molar-refractivity contribution in [2.45, 2.75) is 64.2 Å². The van der Waals surface area contributed by atoms with Crippen LogP contribution in [0.5, 0.6) is 11.5 Å². The molecule has 11 heteroatoms. The minimum atomic E-state index is -0.160. The maximum atomic E-state index is 12.6. The quantitative estimate of drug-likeness (QED) is 0.223. The number of ether oxygens (including phenoxy) is 2. The first-order valence-corrected chi connectivity index (χ1v) is 16.2. The molecule has 0 aliphatic carbocycles. The zero-order valence-electron chi connectivity index (χ0n) is 25.2. The molecule has 0 radical (unpaired) electrons. The van der Waals surface area contributed by atoms with E-state index in [0.29, 0.717) is 24.2 Å². The van der Waals surface area contributed by atoms with Gasteiger partial charge in [-0.15, -0.1) is 15.3 Å². The second-order valence-electron chi connectivity index (χ2n) is 10.8. The van der Waals surface area contributed by atoms with Gasteiger partial charge in [0.2, 0.25) is 16.9 Å². The van der Waals surface area contributed by atoms with Crippen molar-refractivity contribution in [2.75, 3.05) is 23.8 Å². The number of fused-ring (bicyclic) bond motifs is 17. The number of aryl methyl sites for hydroxylation is 2. The predicted molar refractivity (Wildman–Crippen MR) is 175 cm³/mol. The van der Waals surface area contributed by atoms with Gasteiger partial charge in [-0.2, -0.15) is 5.10 Å². The Morgan fingerprint density at radius 2 is 1.29 bits per heavy atom. The lowest BCUT2D eigenvalue weighted by molar-refractivity contribution is -0.116. The lowest BCUT2D eigenvalue weighted by atomic mass is 10.1. The van der Waals surface area contributed by atoms with E-state index in [1.165, 1.54) is 11.3 Å². The third-order valence-corrected chi connectivity index (χ3v) is 7.93. The molecule has 2 aliphatic rings. The standard InChI is InChI=1S/C34H38N6O4S/c41-31-23-25-11-9-14-28(21-25)43-19-7-3-1-2-4-8-20-44-29-15-10-12-26(22-29)24-32(42)36-34-40-39-33(45-34)16-6-5-13-27-17-18-30(35-31)38-37-27/h1-2,9-12,14-15,17-18,21-22H,3-8,13,16,19-20,23-24H2,(H,35,38,41)(H,36,40,42)/b2-1-. The maximum Gasteiger partial charge on any atom is 0.230 e. The molecule has 2 aromatic carbocycles. The third-order valence-electron chi connectivity index (χ3n) is 7.03. The molecule has 0 atom stereocenters. The Hall–Kier alpha value is -4.64. The molecule has 0 fully saturated rings. The van der Waals surface area contributed by atoms with E-state index in [9.17, 15) is 9.59 Å². The van der Waals surface area contributed by atoms with E-state index in [1.54, 1.807) is 6.07 Å². The summed E-state index contributed by atoms with van der Waals surface area (Å²) in [6, 6.07) is 18.9. The van der Waals surface area contributed by atoms with Crippen LogP contribution in [-0.4, -0.2) is 45.4 Å². The average molecular weight is 627 g/mol. The molecule has 0 saturated carbocycles. The predicted octanol–water partition coefficient (Wildman–Crippen LogP) is 6.14. The van der Waals surface area contributed by atoms with Gasteiger partial charge in [-0.3, -0.25) is 9.59 Å². The average Bonchev–Trinajstić information content (AvgIpc) is 3.47. The lowest BCUT2D eigenvalue weighted by Crippen LogP contribution is -2.16. The monoisotopic (exact) mass is 626 g/mol. The summed E-state index contributed by atoms with van der Waals surface area (Å²) in [4.78, 5) is 25.3. The van der Waals surface area contributed by atoms with Crippen LogP contribution in [0.15, 0.2) is 72.8 Å². The molecule has 4 aromatic rings. The Kier molecular flexibility index (Phi) is 12.0. The first kappa shape index (κ1) is 31.8. The first-order valence-electron chi connectivity index (χ1n) is 15.4. The smallest absolute Gasteiger partial charge is 0.230 e. The normalized spacial score (nSPS) is 16.8. The van der Waals surface area contributed by atoms with Gasteiger partial charge in [-0.05, 0) is 92.5 Å². The Balaban J connectivity index is 1.18. The van der Waals surface area contributed by atoms with Crippen LogP contribution in [0, 0.1) is 0 Å². The molecule has 6 rings (SSSR count). The van der Waals surface area contributed by atoms with E-state index >= 15 is 0 Å². The van der Waals surface area contributed by atoms with Gasteiger partial charge in [0.05, 0.1) is 31.7 Å². The van der Waals surface area contributed by atoms with Crippen LogP contribution in [-0.2, 0) is 35.3 Å². The SMILES string of the molecule is O=C1Cc2cccc(c2)OCCC/C=C\CCCOc2cccc(c2)CC(=O)Nc2nnc(s2)CCCCc2ccc(nn2)N1. The van der Waals surface area contributed by atoms with Crippen LogP contribution >= 0.6 is 11.3 Å². The summed E-state index contributed by atoms with van der Waals surface area (Å²) in [6.07, 6.45) is 11.7. The maximum absolute atomic E-state index is 12.6. The van der Waals surface area contributed by atoms with E-state index in [-0.39, 0.29) is 24.7 Å². The van der Waals surface area contributed by atoms with Crippen molar-refractivity contribution in [3.05, 3.63) is 94.6 Å². The molecular formula is C34H38N6O4S. The number of rotatable bonds is 0. The van der Waals surface area contributed by atoms with Crippen molar-refractivity contribution in [1.82, 2.24) is 20.4 Å². The molecular weight excluding hydrogens is 588 g/mol. The summed E-state index contributed by atoms with van der Waals surface area (Å²) in [7, 11) is 0. The molecule has 234 valence electrons. The number of benzene rings is 2. The fourth-order valence-corrected chi connectivity index (χ4v) is 5.57. The van der Waals surface area contributed by atoms with Gasteiger partial charge >= 0.3 is 0 Å². The molecule has 10 nitrogen and oxygen atoms in total. The van der Waals surface area contributed by atoms with E-state index < -0.39 is 0 Å². The van der Waals surface area contributed by atoms with E-state index in [4.69, 9.17) is 9.47 Å². The summed E-state index contributed by atoms with van der Waals surface area (Å²) < 4.78 is 11.8. The Morgan fingerprint density at radius 1 is 0.644 bits per heavy atom. The molecule has 45 heavy (non-hydrogen) atoms. The van der Waals surface area contributed by atoms with Crippen molar-refractivity contribution >= 4 is 34.1 Å². The van der Waals surface area contributed by atoms with Crippen LogP contribution in [0.1, 0.15) is 60.4 Å². The van der Waals surface area contributed by atoms with Gasteiger partial charge in [0.25, 0.3) is 0 Å². The van der Waals surface area contributed by atoms with Crippen LogP contribution in [0.4, 0.5) is 10.9 Å². The second kappa shape index (κ2) is 17.0. The second-order valence-corrected chi connectivity index (χ2v) is 11.9. The number of nitrogens with one attached hydrogen (secondary N) is 2. The number of allylic oxidation sites excluding steroid dienone is 2. The summed E-state index contributed by atoms with van der Waals surface area (Å²) in [6.45, 7) is 1.20. The number of amides is 2. The highest BCUT2D eigenvalue weighted by atomic mass is 32.1. The summed E-state index contributed by atoms with van der Waals surface area (Å²) >= 11 is 1.39. The third kappa shape index (κ3) is 11.1. The minimum Gasteiger partial charge on any atom is -0.494 e. The number of anilines is 2. The largest absolute Gasteiger partial charge is 0.494 e. The zero-order chi connectivity index (χ0) is 31.1. The summed E-state index contributed by atoms with van der Waals surface area (Å²) in [5.74, 6) is 1.64. The zero-order valence-corrected chi connectivity index (χ0v) is 26.1. The molecule has 2 aromatic heterocycles. The van der Waals surface area contributed by atoms with Gasteiger partial charge < -0.3 is 20.1 Å². The number of nitrogens with zero attached hydrogens (tertiary/aromatic N) is 4. The molecule has 4 heterocycles.